The van der Waals surface area contributed by atoms with Crippen molar-refractivity contribution in [1.29, 1.82) is 0 Å². The van der Waals surface area contributed by atoms with Crippen molar-refractivity contribution < 1.29 is 0 Å². The van der Waals surface area contributed by atoms with Gasteiger partial charge in [-0.3, -0.25) is 0 Å². The summed E-state index contributed by atoms with van der Waals surface area (Å²) in [5.74, 6) is 2.05. The maximum absolute atomic E-state index is 4.95. The second-order valence-corrected chi connectivity index (χ2v) is 12.5. The molecule has 1 heterocycles. The third kappa shape index (κ3) is 18.5. The van der Waals surface area contributed by atoms with Gasteiger partial charge in [-0.25, -0.2) is 4.98 Å². The molecule has 0 aliphatic carbocycles. The first-order chi connectivity index (χ1) is 18.7. The zero-order valence-electron chi connectivity index (χ0n) is 26.8. The van der Waals surface area contributed by atoms with Gasteiger partial charge in [-0.1, -0.05) is 175 Å². The fraction of sp³-hybridized carbons (Fsp3) is 0.917. The Kier molecular flexibility index (Phi) is 24.5. The van der Waals surface area contributed by atoms with Gasteiger partial charge in [0.1, 0.15) is 5.82 Å². The Hall–Kier alpha value is -0.790. The molecule has 2 atom stereocenters. The summed E-state index contributed by atoms with van der Waals surface area (Å²) in [5, 5.41) is 0. The normalized spacial score (nSPS) is 13.3. The van der Waals surface area contributed by atoms with Crippen LogP contribution in [0.4, 0.5) is 0 Å². The van der Waals surface area contributed by atoms with E-state index < -0.39 is 0 Å². The highest BCUT2D eigenvalue weighted by atomic mass is 15.1. The highest BCUT2D eigenvalue weighted by molar-refractivity contribution is 5.02. The van der Waals surface area contributed by atoms with Gasteiger partial charge in [-0.05, 0) is 26.2 Å². The van der Waals surface area contributed by atoms with Crippen LogP contribution in [0, 0.1) is 0 Å². The summed E-state index contributed by atoms with van der Waals surface area (Å²) in [5.41, 5.74) is 0. The van der Waals surface area contributed by atoms with Crippen LogP contribution < -0.4 is 0 Å². The smallest absolute Gasteiger partial charge is 0.111 e. The minimum atomic E-state index is 0.590. The van der Waals surface area contributed by atoms with Gasteiger partial charge < -0.3 is 4.57 Å². The fourth-order valence-corrected chi connectivity index (χ4v) is 6.18. The molecule has 1 rings (SSSR count). The molecule has 0 amide bonds. The maximum atomic E-state index is 4.95. The SMILES string of the molecule is CCCCCCCCCCCCCC(C)n1ccnc1C(CCCCC)CCCCCCCCCCCC. The zero-order valence-corrected chi connectivity index (χ0v) is 26.8. The van der Waals surface area contributed by atoms with Crippen LogP contribution in [-0.2, 0) is 0 Å². The molecule has 0 saturated carbocycles. The molecule has 0 saturated heterocycles. The highest BCUT2D eigenvalue weighted by Crippen LogP contribution is 2.30. The molecule has 0 bridgehead atoms. The molecule has 0 fully saturated rings. The van der Waals surface area contributed by atoms with Crippen LogP contribution in [0.15, 0.2) is 12.4 Å². The number of nitrogens with zero attached hydrogens (tertiary/aromatic N) is 2. The first-order valence-electron chi connectivity index (χ1n) is 17.8. The van der Waals surface area contributed by atoms with Crippen molar-refractivity contribution in [3.63, 3.8) is 0 Å². The Morgan fingerprint density at radius 2 is 0.842 bits per heavy atom. The molecule has 2 nitrogen and oxygen atoms in total. The number of aromatic nitrogens is 2. The monoisotopic (exact) mass is 531 g/mol. The molecule has 1 aromatic heterocycles. The van der Waals surface area contributed by atoms with E-state index in [1.54, 1.807) is 0 Å². The molecule has 0 N–H and O–H groups in total. The molecule has 2 unspecified atom stereocenters. The molecule has 2 heteroatoms. The van der Waals surface area contributed by atoms with E-state index in [0.29, 0.717) is 12.0 Å². The van der Waals surface area contributed by atoms with Gasteiger partial charge in [-0.15, -0.1) is 0 Å². The van der Waals surface area contributed by atoms with Gasteiger partial charge in [0.25, 0.3) is 0 Å². The van der Waals surface area contributed by atoms with Gasteiger partial charge in [0.05, 0.1) is 0 Å². The summed E-state index contributed by atoms with van der Waals surface area (Å²) in [6.45, 7) is 9.38. The summed E-state index contributed by atoms with van der Waals surface area (Å²) in [6.07, 6.45) is 42.3. The van der Waals surface area contributed by atoms with Crippen molar-refractivity contribution in [3.8, 4) is 0 Å². The first kappa shape index (κ1) is 35.2. The average Bonchev–Trinajstić information content (AvgIpc) is 3.42. The summed E-state index contributed by atoms with van der Waals surface area (Å²) in [7, 11) is 0. The van der Waals surface area contributed by atoms with Crippen LogP contribution in [0.2, 0.25) is 0 Å². The Bertz CT molecular complexity index is 592. The van der Waals surface area contributed by atoms with Crippen LogP contribution in [0.3, 0.4) is 0 Å². The van der Waals surface area contributed by atoms with E-state index in [1.807, 2.05) is 0 Å². The van der Waals surface area contributed by atoms with E-state index in [4.69, 9.17) is 4.98 Å². The molecule has 1 aromatic rings. The van der Waals surface area contributed by atoms with Gasteiger partial charge in [0.2, 0.25) is 0 Å². The third-order valence-electron chi connectivity index (χ3n) is 8.83. The lowest BCUT2D eigenvalue weighted by Crippen LogP contribution is -2.13. The molecule has 0 aromatic carbocycles. The molecule has 224 valence electrons. The lowest BCUT2D eigenvalue weighted by atomic mass is 9.93. The van der Waals surface area contributed by atoms with Gasteiger partial charge >= 0.3 is 0 Å². The summed E-state index contributed by atoms with van der Waals surface area (Å²) in [4.78, 5) is 4.95. The van der Waals surface area contributed by atoms with Crippen molar-refractivity contribution >= 4 is 0 Å². The van der Waals surface area contributed by atoms with E-state index >= 15 is 0 Å². The largest absolute Gasteiger partial charge is 0.332 e. The zero-order chi connectivity index (χ0) is 27.5. The number of imidazole rings is 1. The number of rotatable bonds is 29. The van der Waals surface area contributed by atoms with Crippen LogP contribution in [0.5, 0.6) is 0 Å². The van der Waals surface area contributed by atoms with Crippen molar-refractivity contribution in [2.75, 3.05) is 0 Å². The predicted octanol–water partition coefficient (Wildman–Crippen LogP) is 13.1. The summed E-state index contributed by atoms with van der Waals surface area (Å²) < 4.78 is 2.56. The average molecular weight is 531 g/mol. The summed E-state index contributed by atoms with van der Waals surface area (Å²) in [6, 6.07) is 0.590. The quantitative estimate of drug-likeness (QED) is 0.0941. The molecular weight excluding hydrogens is 460 g/mol. The van der Waals surface area contributed by atoms with Crippen LogP contribution in [0.1, 0.15) is 219 Å². The fourth-order valence-electron chi connectivity index (χ4n) is 6.18. The minimum Gasteiger partial charge on any atom is -0.332 e. The Morgan fingerprint density at radius 1 is 0.500 bits per heavy atom. The van der Waals surface area contributed by atoms with Gasteiger partial charge in [0.15, 0.2) is 0 Å². The summed E-state index contributed by atoms with van der Waals surface area (Å²) >= 11 is 0. The van der Waals surface area contributed by atoms with E-state index in [-0.39, 0.29) is 0 Å². The lowest BCUT2D eigenvalue weighted by Gasteiger charge is -2.22. The van der Waals surface area contributed by atoms with Crippen molar-refractivity contribution in [2.24, 2.45) is 0 Å². The second-order valence-electron chi connectivity index (χ2n) is 12.5. The standard InChI is InChI=1S/C36H70N2/c1-5-8-11-13-15-17-19-20-22-24-27-29-34(4)38-33-32-37-36(38)35(30-26-10-7-3)31-28-25-23-21-18-16-14-12-9-6-2/h32-35H,5-31H2,1-4H3. The first-order valence-corrected chi connectivity index (χ1v) is 17.8. The lowest BCUT2D eigenvalue weighted by molar-refractivity contribution is 0.414. The molecule has 0 radical (unpaired) electrons. The molecule has 0 aliphatic heterocycles. The van der Waals surface area contributed by atoms with Gasteiger partial charge in [-0.2, -0.15) is 0 Å². The van der Waals surface area contributed by atoms with Crippen molar-refractivity contribution in [3.05, 3.63) is 18.2 Å². The second kappa shape index (κ2) is 26.4. The highest BCUT2D eigenvalue weighted by Gasteiger charge is 2.19. The van der Waals surface area contributed by atoms with E-state index in [1.165, 1.54) is 179 Å². The van der Waals surface area contributed by atoms with E-state index in [0.717, 1.165) is 0 Å². The van der Waals surface area contributed by atoms with Gasteiger partial charge in [0, 0.05) is 24.4 Å². The Labute approximate surface area is 240 Å². The van der Waals surface area contributed by atoms with Crippen molar-refractivity contribution in [2.45, 2.75) is 213 Å². The van der Waals surface area contributed by atoms with Crippen LogP contribution in [0.25, 0.3) is 0 Å². The maximum Gasteiger partial charge on any atom is 0.111 e. The van der Waals surface area contributed by atoms with E-state index in [2.05, 4.69) is 44.7 Å². The molecule has 38 heavy (non-hydrogen) atoms. The number of hydrogen-bond acceptors (Lipinski definition) is 1. The number of hydrogen-bond donors (Lipinski definition) is 0. The van der Waals surface area contributed by atoms with Crippen molar-refractivity contribution in [1.82, 2.24) is 9.55 Å². The van der Waals surface area contributed by atoms with Crippen LogP contribution >= 0.6 is 0 Å². The Balaban J connectivity index is 2.31. The molecule has 0 spiro atoms. The van der Waals surface area contributed by atoms with Crippen LogP contribution in [-0.4, -0.2) is 9.55 Å². The molecular formula is C36H70N2. The molecule has 0 aliphatic rings. The topological polar surface area (TPSA) is 17.8 Å². The van der Waals surface area contributed by atoms with E-state index in [9.17, 15) is 0 Å². The number of unbranched alkanes of at least 4 members (excludes halogenated alkanes) is 21. The predicted molar refractivity (Wildman–Crippen MR) is 171 cm³/mol. The Morgan fingerprint density at radius 3 is 1.29 bits per heavy atom. The minimum absolute atomic E-state index is 0.590. The third-order valence-corrected chi connectivity index (χ3v) is 8.83.